The summed E-state index contributed by atoms with van der Waals surface area (Å²) in [6.45, 7) is 5.31. The molecule has 0 radical (unpaired) electrons. The average Bonchev–Trinajstić information content (AvgIpc) is 3.34. The van der Waals surface area contributed by atoms with Crippen LogP contribution in [0, 0.1) is 0 Å². The van der Waals surface area contributed by atoms with Gasteiger partial charge in [0.2, 0.25) is 17.6 Å². The molecule has 0 spiro atoms. The van der Waals surface area contributed by atoms with Gasteiger partial charge in [-0.25, -0.2) is 4.98 Å². The zero-order valence-corrected chi connectivity index (χ0v) is 20.0. The number of halogens is 3. The van der Waals surface area contributed by atoms with Crippen LogP contribution in [-0.4, -0.2) is 44.8 Å². The molecule has 2 aromatic heterocycles. The predicted octanol–water partition coefficient (Wildman–Crippen LogP) is 4.76. The lowest BCUT2D eigenvalue weighted by Gasteiger charge is -2.35. The van der Waals surface area contributed by atoms with Gasteiger partial charge in [-0.3, -0.25) is 9.48 Å². The second-order valence-electron chi connectivity index (χ2n) is 9.23. The molecule has 8 nitrogen and oxygen atoms in total. The van der Waals surface area contributed by atoms with Gasteiger partial charge in [-0.05, 0) is 57.8 Å². The molecule has 0 bridgehead atoms. The molecule has 1 aromatic carbocycles. The van der Waals surface area contributed by atoms with Crippen LogP contribution in [0.25, 0.3) is 11.1 Å². The standard InChI is InChI=1S/C25H27F3N6O2/c1-15-3-4-20-21(34(15)16(2)35)6-5-19(17-13-31-33(14-17)18-7-10-29-11-8-18)23(20)36-22-9-12-30-24(32-22)25(26,27)28/h5-6,9,12-15,18,29H,3-4,7-8,10-11H2,1-2H3/t15-/m0/s1. The zero-order chi connectivity index (χ0) is 25.4. The van der Waals surface area contributed by atoms with Crippen LogP contribution >= 0.6 is 0 Å². The fourth-order valence-electron chi connectivity index (χ4n) is 5.02. The first-order chi connectivity index (χ1) is 17.2. The summed E-state index contributed by atoms with van der Waals surface area (Å²) in [6.07, 6.45) is 3.23. The molecule has 4 heterocycles. The zero-order valence-electron chi connectivity index (χ0n) is 20.0. The van der Waals surface area contributed by atoms with Crippen LogP contribution in [0.5, 0.6) is 11.6 Å². The molecule has 1 atom stereocenters. The van der Waals surface area contributed by atoms with Gasteiger partial charge < -0.3 is 15.0 Å². The fraction of sp³-hybridized carbons (Fsp3) is 0.440. The molecule has 1 fully saturated rings. The summed E-state index contributed by atoms with van der Waals surface area (Å²) >= 11 is 0. The third kappa shape index (κ3) is 4.67. The van der Waals surface area contributed by atoms with Crippen LogP contribution in [0.1, 0.15) is 50.5 Å². The Balaban J connectivity index is 1.60. The molecule has 0 saturated carbocycles. The SMILES string of the molecule is CC(=O)N1c2ccc(-c3cnn(C4CCNCC4)c3)c(Oc3ccnc(C(F)(F)F)n3)c2CC[C@@H]1C. The Bertz CT molecular complexity index is 1270. The molecule has 11 heteroatoms. The molecule has 190 valence electrons. The van der Waals surface area contributed by atoms with Gasteiger partial charge in [0.1, 0.15) is 5.75 Å². The maximum atomic E-state index is 13.2. The smallest absolute Gasteiger partial charge is 0.438 e. The first-order valence-electron chi connectivity index (χ1n) is 12.0. The number of carbonyl (C=O) groups is 1. The first-order valence-corrected chi connectivity index (χ1v) is 12.0. The van der Waals surface area contributed by atoms with Crippen molar-refractivity contribution in [2.75, 3.05) is 18.0 Å². The molecule has 2 aliphatic heterocycles. The highest BCUT2D eigenvalue weighted by Gasteiger charge is 2.35. The summed E-state index contributed by atoms with van der Waals surface area (Å²) in [5, 5.41) is 7.91. The van der Waals surface area contributed by atoms with Crippen LogP contribution < -0.4 is 15.0 Å². The lowest BCUT2D eigenvalue weighted by Crippen LogP contribution is -2.40. The van der Waals surface area contributed by atoms with Crippen molar-refractivity contribution in [3.05, 3.63) is 48.2 Å². The number of aromatic nitrogens is 4. The highest BCUT2D eigenvalue weighted by molar-refractivity contribution is 5.95. The Kier molecular flexibility index (Phi) is 6.42. The van der Waals surface area contributed by atoms with Crippen molar-refractivity contribution in [1.29, 1.82) is 0 Å². The van der Waals surface area contributed by atoms with Crippen LogP contribution in [0.4, 0.5) is 18.9 Å². The Hall–Kier alpha value is -3.47. The molecule has 36 heavy (non-hydrogen) atoms. The highest BCUT2D eigenvalue weighted by atomic mass is 19.4. The van der Waals surface area contributed by atoms with Gasteiger partial charge in [-0.2, -0.15) is 23.3 Å². The summed E-state index contributed by atoms with van der Waals surface area (Å²) in [7, 11) is 0. The van der Waals surface area contributed by atoms with Crippen LogP contribution in [0.2, 0.25) is 0 Å². The quantitative estimate of drug-likeness (QED) is 0.556. The molecule has 0 unspecified atom stereocenters. The van der Waals surface area contributed by atoms with E-state index in [0.29, 0.717) is 29.8 Å². The third-order valence-corrected chi connectivity index (χ3v) is 6.77. The minimum Gasteiger partial charge on any atom is -0.438 e. The summed E-state index contributed by atoms with van der Waals surface area (Å²) in [5.41, 5.74) is 2.90. The topological polar surface area (TPSA) is 85.2 Å². The van der Waals surface area contributed by atoms with Crippen molar-refractivity contribution >= 4 is 11.6 Å². The van der Waals surface area contributed by atoms with E-state index in [9.17, 15) is 18.0 Å². The van der Waals surface area contributed by atoms with E-state index in [1.54, 1.807) is 11.1 Å². The molecule has 2 aliphatic rings. The number of hydrogen-bond acceptors (Lipinski definition) is 6. The molecule has 3 aromatic rings. The van der Waals surface area contributed by atoms with Crippen molar-refractivity contribution in [3.8, 4) is 22.8 Å². The average molecular weight is 501 g/mol. The van der Waals surface area contributed by atoms with Crippen molar-refractivity contribution < 1.29 is 22.7 Å². The highest BCUT2D eigenvalue weighted by Crippen LogP contribution is 2.45. The van der Waals surface area contributed by atoms with Gasteiger partial charge in [0.25, 0.3) is 0 Å². The molecule has 1 amide bonds. The van der Waals surface area contributed by atoms with Crippen molar-refractivity contribution in [2.24, 2.45) is 0 Å². The van der Waals surface area contributed by atoms with Crippen molar-refractivity contribution in [2.45, 2.75) is 57.8 Å². The van der Waals surface area contributed by atoms with E-state index in [4.69, 9.17) is 4.74 Å². The van der Waals surface area contributed by atoms with Crippen molar-refractivity contribution in [3.63, 3.8) is 0 Å². The lowest BCUT2D eigenvalue weighted by atomic mass is 9.92. The maximum absolute atomic E-state index is 13.2. The minimum atomic E-state index is -4.70. The van der Waals surface area contributed by atoms with Gasteiger partial charge >= 0.3 is 6.18 Å². The van der Waals surface area contributed by atoms with E-state index >= 15 is 0 Å². The van der Waals surface area contributed by atoms with Crippen LogP contribution in [-0.2, 0) is 17.4 Å². The number of benzene rings is 1. The summed E-state index contributed by atoms with van der Waals surface area (Å²) in [4.78, 5) is 21.1. The number of anilines is 1. The van der Waals surface area contributed by atoms with Crippen LogP contribution in [0.3, 0.4) is 0 Å². The number of ether oxygens (including phenoxy) is 1. The van der Waals surface area contributed by atoms with Gasteiger partial charge in [0.05, 0.1) is 17.9 Å². The van der Waals surface area contributed by atoms with E-state index in [0.717, 1.165) is 43.3 Å². The Morgan fingerprint density at radius 1 is 1.17 bits per heavy atom. The van der Waals surface area contributed by atoms with E-state index in [-0.39, 0.29) is 23.9 Å². The summed E-state index contributed by atoms with van der Waals surface area (Å²) < 4.78 is 47.8. The first kappa shape index (κ1) is 24.2. The van der Waals surface area contributed by atoms with Gasteiger partial charge in [0, 0.05) is 48.1 Å². The predicted molar refractivity (Wildman–Crippen MR) is 127 cm³/mol. The molecule has 1 saturated heterocycles. The van der Waals surface area contributed by atoms with Gasteiger partial charge in [0.15, 0.2) is 0 Å². The molecular formula is C25H27F3N6O2. The summed E-state index contributed by atoms with van der Waals surface area (Å²) in [6, 6.07) is 5.26. The second kappa shape index (κ2) is 9.53. The molecule has 5 rings (SSSR count). The number of carbonyl (C=O) groups excluding carboxylic acids is 1. The number of rotatable bonds is 4. The maximum Gasteiger partial charge on any atom is 0.451 e. The largest absolute Gasteiger partial charge is 0.451 e. The Morgan fingerprint density at radius 3 is 2.67 bits per heavy atom. The van der Waals surface area contributed by atoms with Crippen LogP contribution in [0.15, 0.2) is 36.8 Å². The molecule has 1 N–H and O–H groups in total. The second-order valence-corrected chi connectivity index (χ2v) is 9.23. The number of alkyl halides is 3. The number of fused-ring (bicyclic) bond motifs is 1. The Labute approximate surface area is 206 Å². The Morgan fingerprint density at radius 2 is 1.94 bits per heavy atom. The number of nitrogens with one attached hydrogen (secondary N) is 1. The van der Waals surface area contributed by atoms with E-state index in [2.05, 4.69) is 20.4 Å². The number of piperidine rings is 1. The number of hydrogen-bond donors (Lipinski definition) is 1. The number of amides is 1. The summed E-state index contributed by atoms with van der Waals surface area (Å²) in [5.74, 6) is -1.22. The fourth-order valence-corrected chi connectivity index (χ4v) is 5.02. The third-order valence-electron chi connectivity index (χ3n) is 6.77. The minimum absolute atomic E-state index is 0.00718. The molecular weight excluding hydrogens is 473 g/mol. The number of nitrogens with zero attached hydrogens (tertiary/aromatic N) is 5. The van der Waals surface area contributed by atoms with Gasteiger partial charge in [-0.15, -0.1) is 0 Å². The van der Waals surface area contributed by atoms with Crippen molar-refractivity contribution in [1.82, 2.24) is 25.1 Å². The molecule has 0 aliphatic carbocycles. The van der Waals surface area contributed by atoms with E-state index in [1.807, 2.05) is 29.9 Å². The normalized spacial score (nSPS) is 18.7. The lowest BCUT2D eigenvalue weighted by molar-refractivity contribution is -0.145. The van der Waals surface area contributed by atoms with Gasteiger partial charge in [-0.1, -0.05) is 0 Å². The van der Waals surface area contributed by atoms with E-state index < -0.39 is 12.0 Å². The monoisotopic (exact) mass is 500 g/mol. The van der Waals surface area contributed by atoms with E-state index in [1.165, 1.54) is 13.0 Å².